The van der Waals surface area contributed by atoms with E-state index in [-0.39, 0.29) is 0 Å². The summed E-state index contributed by atoms with van der Waals surface area (Å²) < 4.78 is 10.1. The summed E-state index contributed by atoms with van der Waals surface area (Å²) in [5.41, 5.74) is 1.11. The molecule has 0 spiro atoms. The smallest absolute Gasteiger partial charge is 0.101 e. The van der Waals surface area contributed by atoms with Crippen LogP contribution in [-0.2, 0) is 16.1 Å². The highest BCUT2D eigenvalue weighted by Crippen LogP contribution is 2.00. The second kappa shape index (κ2) is 6.54. The molecule has 0 radical (unpaired) electrons. The maximum Gasteiger partial charge on any atom is 0.101 e. The molecule has 0 amide bonds. The Morgan fingerprint density at radius 1 is 1.21 bits per heavy atom. The molecule has 78 valence electrons. The summed E-state index contributed by atoms with van der Waals surface area (Å²) in [6.45, 7) is 1.15. The lowest BCUT2D eigenvalue weighted by molar-refractivity contribution is -0.0114. The molecular weight excluding hydrogens is 180 g/mol. The van der Waals surface area contributed by atoms with Crippen molar-refractivity contribution in [3.8, 4) is 0 Å². The fraction of sp³-hybridized carbons (Fsp3) is 0.455. The molecule has 0 saturated heterocycles. The first-order valence-corrected chi connectivity index (χ1v) is 4.61. The number of aliphatic hydroxyl groups excluding tert-OH is 1. The number of hydrogen-bond acceptors (Lipinski definition) is 3. The molecule has 1 aromatic rings. The van der Waals surface area contributed by atoms with Crippen molar-refractivity contribution in [3.63, 3.8) is 0 Å². The van der Waals surface area contributed by atoms with Gasteiger partial charge in [-0.3, -0.25) is 0 Å². The molecule has 1 unspecified atom stereocenters. The summed E-state index contributed by atoms with van der Waals surface area (Å²) in [7, 11) is 1.56. The van der Waals surface area contributed by atoms with Crippen LogP contribution in [0.15, 0.2) is 30.3 Å². The maximum absolute atomic E-state index is 9.28. The Bertz CT molecular complexity index is 236. The minimum Gasteiger partial charge on any atom is -0.388 e. The lowest BCUT2D eigenvalue weighted by Gasteiger charge is -2.09. The van der Waals surface area contributed by atoms with Gasteiger partial charge in [0.25, 0.3) is 0 Å². The molecule has 1 rings (SSSR count). The van der Waals surface area contributed by atoms with Gasteiger partial charge in [0.1, 0.15) is 6.10 Å². The van der Waals surface area contributed by atoms with Crippen molar-refractivity contribution in [1.29, 1.82) is 0 Å². The van der Waals surface area contributed by atoms with Crippen LogP contribution in [0.25, 0.3) is 0 Å². The molecule has 1 aromatic carbocycles. The van der Waals surface area contributed by atoms with E-state index < -0.39 is 6.10 Å². The molecule has 3 heteroatoms. The predicted octanol–water partition coefficient (Wildman–Crippen LogP) is 1.21. The van der Waals surface area contributed by atoms with Crippen LogP contribution in [0.2, 0.25) is 0 Å². The lowest BCUT2D eigenvalue weighted by Crippen LogP contribution is -2.20. The van der Waals surface area contributed by atoms with Gasteiger partial charge < -0.3 is 14.6 Å². The third kappa shape index (κ3) is 4.37. The molecule has 0 aromatic heterocycles. The van der Waals surface area contributed by atoms with Crippen LogP contribution in [0.3, 0.4) is 0 Å². The molecule has 0 fully saturated rings. The van der Waals surface area contributed by atoms with Crippen molar-refractivity contribution < 1.29 is 14.6 Å². The number of aliphatic hydroxyl groups is 1. The maximum atomic E-state index is 9.28. The molecule has 3 nitrogen and oxygen atoms in total. The number of methoxy groups -OCH3 is 1. The van der Waals surface area contributed by atoms with Gasteiger partial charge in [-0.25, -0.2) is 0 Å². The molecular formula is C11H16O3. The van der Waals surface area contributed by atoms with Crippen molar-refractivity contribution in [1.82, 2.24) is 0 Å². The van der Waals surface area contributed by atoms with Gasteiger partial charge in [0.2, 0.25) is 0 Å². The second-order valence-electron chi connectivity index (χ2n) is 3.11. The second-order valence-corrected chi connectivity index (χ2v) is 3.11. The van der Waals surface area contributed by atoms with E-state index in [2.05, 4.69) is 0 Å². The molecule has 0 aliphatic rings. The standard InChI is InChI=1S/C11H16O3/c1-13-8-11(12)9-14-7-10-5-3-2-4-6-10/h2-6,11-12H,7-9H2,1H3. The van der Waals surface area contributed by atoms with Gasteiger partial charge in [-0.15, -0.1) is 0 Å². The third-order valence-electron chi connectivity index (χ3n) is 1.78. The van der Waals surface area contributed by atoms with Crippen LogP contribution in [-0.4, -0.2) is 31.5 Å². The molecule has 0 aliphatic carbocycles. The minimum atomic E-state index is -0.538. The average molecular weight is 196 g/mol. The minimum absolute atomic E-state index is 0.308. The number of hydrogen-bond donors (Lipinski definition) is 1. The Hall–Kier alpha value is -0.900. The Balaban J connectivity index is 2.16. The zero-order valence-electron chi connectivity index (χ0n) is 8.35. The van der Waals surface area contributed by atoms with E-state index in [4.69, 9.17) is 9.47 Å². The third-order valence-corrected chi connectivity index (χ3v) is 1.78. The van der Waals surface area contributed by atoms with Crippen LogP contribution in [0.5, 0.6) is 0 Å². The van der Waals surface area contributed by atoms with Crippen molar-refractivity contribution in [2.75, 3.05) is 20.3 Å². The fourth-order valence-corrected chi connectivity index (χ4v) is 1.13. The zero-order chi connectivity index (χ0) is 10.2. The summed E-state index contributed by atoms with van der Waals surface area (Å²) >= 11 is 0. The largest absolute Gasteiger partial charge is 0.388 e. The van der Waals surface area contributed by atoms with E-state index >= 15 is 0 Å². The van der Waals surface area contributed by atoms with Gasteiger partial charge in [0.05, 0.1) is 19.8 Å². The van der Waals surface area contributed by atoms with Gasteiger partial charge in [-0.1, -0.05) is 30.3 Å². The Morgan fingerprint density at radius 2 is 1.93 bits per heavy atom. The van der Waals surface area contributed by atoms with Crippen molar-refractivity contribution in [2.45, 2.75) is 12.7 Å². The zero-order valence-corrected chi connectivity index (χ0v) is 8.35. The molecule has 0 saturated carbocycles. The van der Waals surface area contributed by atoms with E-state index in [9.17, 15) is 5.11 Å². The average Bonchev–Trinajstić information content (AvgIpc) is 2.20. The van der Waals surface area contributed by atoms with Crippen molar-refractivity contribution in [3.05, 3.63) is 35.9 Å². The number of benzene rings is 1. The molecule has 0 heterocycles. The first-order valence-electron chi connectivity index (χ1n) is 4.61. The summed E-state index contributed by atoms with van der Waals surface area (Å²) in [5.74, 6) is 0. The predicted molar refractivity (Wildman–Crippen MR) is 54.0 cm³/mol. The quantitative estimate of drug-likeness (QED) is 0.743. The highest BCUT2D eigenvalue weighted by molar-refractivity contribution is 5.13. The summed E-state index contributed by atoms with van der Waals surface area (Å²) in [5, 5.41) is 9.28. The monoisotopic (exact) mass is 196 g/mol. The van der Waals surface area contributed by atoms with E-state index in [1.165, 1.54) is 0 Å². The molecule has 1 atom stereocenters. The SMILES string of the molecule is COCC(O)COCc1ccccc1. The van der Waals surface area contributed by atoms with Crippen LogP contribution < -0.4 is 0 Å². The normalized spacial score (nSPS) is 12.7. The van der Waals surface area contributed by atoms with E-state index in [1.807, 2.05) is 30.3 Å². The molecule has 1 N–H and O–H groups in total. The van der Waals surface area contributed by atoms with Crippen LogP contribution in [0.1, 0.15) is 5.56 Å². The van der Waals surface area contributed by atoms with Crippen molar-refractivity contribution in [2.24, 2.45) is 0 Å². The van der Waals surface area contributed by atoms with Gasteiger partial charge in [0, 0.05) is 7.11 Å². The molecule has 14 heavy (non-hydrogen) atoms. The molecule has 0 bridgehead atoms. The van der Waals surface area contributed by atoms with Gasteiger partial charge in [-0.05, 0) is 5.56 Å². The van der Waals surface area contributed by atoms with Gasteiger partial charge in [-0.2, -0.15) is 0 Å². The number of rotatable bonds is 6. The molecule has 0 aliphatic heterocycles. The Labute approximate surface area is 84.3 Å². The summed E-state index contributed by atoms with van der Waals surface area (Å²) in [6, 6.07) is 9.86. The van der Waals surface area contributed by atoms with Crippen molar-refractivity contribution >= 4 is 0 Å². The Kier molecular flexibility index (Phi) is 5.22. The van der Waals surface area contributed by atoms with E-state index in [0.717, 1.165) is 5.56 Å². The van der Waals surface area contributed by atoms with Gasteiger partial charge in [0.15, 0.2) is 0 Å². The lowest BCUT2D eigenvalue weighted by atomic mass is 10.2. The highest BCUT2D eigenvalue weighted by Gasteiger charge is 2.02. The summed E-state index contributed by atoms with van der Waals surface area (Å²) in [4.78, 5) is 0. The Morgan fingerprint density at radius 3 is 2.57 bits per heavy atom. The highest BCUT2D eigenvalue weighted by atomic mass is 16.5. The van der Waals surface area contributed by atoms with E-state index in [1.54, 1.807) is 7.11 Å². The summed E-state index contributed by atoms with van der Waals surface area (Å²) in [6.07, 6.45) is -0.538. The first kappa shape index (κ1) is 11.2. The van der Waals surface area contributed by atoms with Crippen LogP contribution in [0, 0.1) is 0 Å². The van der Waals surface area contributed by atoms with E-state index in [0.29, 0.717) is 19.8 Å². The topological polar surface area (TPSA) is 38.7 Å². The number of ether oxygens (including phenoxy) is 2. The first-order chi connectivity index (χ1) is 6.83. The van der Waals surface area contributed by atoms with Crippen LogP contribution in [0.4, 0.5) is 0 Å². The fourth-order valence-electron chi connectivity index (χ4n) is 1.13. The van der Waals surface area contributed by atoms with Crippen LogP contribution >= 0.6 is 0 Å². The van der Waals surface area contributed by atoms with Gasteiger partial charge >= 0.3 is 0 Å².